The molecule has 3 amide bonds. The van der Waals surface area contributed by atoms with Crippen molar-refractivity contribution in [2.24, 2.45) is 0 Å². The smallest absolute Gasteiger partial charge is 0.253 e. The van der Waals surface area contributed by atoms with Gasteiger partial charge in [-0.25, -0.2) is 0 Å². The van der Waals surface area contributed by atoms with Crippen molar-refractivity contribution in [2.45, 2.75) is 32.2 Å². The van der Waals surface area contributed by atoms with E-state index in [1.165, 1.54) is 0 Å². The van der Waals surface area contributed by atoms with Crippen molar-refractivity contribution in [3.8, 4) is 5.75 Å². The van der Waals surface area contributed by atoms with E-state index < -0.39 is 0 Å². The number of hydrogen-bond acceptors (Lipinski definition) is 5. The molecule has 0 aromatic heterocycles. The Morgan fingerprint density at radius 3 is 2.38 bits per heavy atom. The molecule has 1 saturated carbocycles. The quantitative estimate of drug-likeness (QED) is 0.501. The van der Waals surface area contributed by atoms with Crippen molar-refractivity contribution in [1.82, 2.24) is 10.2 Å². The molecule has 0 saturated heterocycles. The van der Waals surface area contributed by atoms with Crippen LogP contribution in [0.2, 0.25) is 0 Å². The first-order valence-corrected chi connectivity index (χ1v) is 10.8. The zero-order valence-electron chi connectivity index (χ0n) is 18.5. The second-order valence-electron chi connectivity index (χ2n) is 7.74. The third-order valence-corrected chi connectivity index (χ3v) is 5.20. The fourth-order valence-corrected chi connectivity index (χ4v) is 3.18. The molecule has 8 nitrogen and oxygen atoms in total. The van der Waals surface area contributed by atoms with Gasteiger partial charge in [-0.15, -0.1) is 0 Å². The summed E-state index contributed by atoms with van der Waals surface area (Å²) in [6, 6.07) is 14.3. The molecule has 0 spiro atoms. The number of hydrogen-bond donors (Lipinski definition) is 3. The van der Waals surface area contributed by atoms with E-state index >= 15 is 0 Å². The lowest BCUT2D eigenvalue weighted by Gasteiger charge is -2.20. The molecule has 1 aliphatic carbocycles. The lowest BCUT2D eigenvalue weighted by Crippen LogP contribution is -2.35. The van der Waals surface area contributed by atoms with Gasteiger partial charge in [-0.2, -0.15) is 0 Å². The summed E-state index contributed by atoms with van der Waals surface area (Å²) in [5.74, 6) is 0.190. The molecule has 1 aliphatic rings. The molecule has 0 radical (unpaired) electrons. The molecule has 32 heavy (non-hydrogen) atoms. The molecular formula is C24H30N4O4. The molecule has 0 aliphatic heterocycles. The topological polar surface area (TPSA) is 99.8 Å². The van der Waals surface area contributed by atoms with Crippen molar-refractivity contribution >= 4 is 29.1 Å². The van der Waals surface area contributed by atoms with Gasteiger partial charge in [0.2, 0.25) is 11.8 Å². The monoisotopic (exact) mass is 438 g/mol. The summed E-state index contributed by atoms with van der Waals surface area (Å²) in [5.41, 5.74) is 1.64. The van der Waals surface area contributed by atoms with Crippen LogP contribution in [0.5, 0.6) is 5.75 Å². The Balaban J connectivity index is 1.47. The SMILES string of the molecule is CCN(CCC(=O)Nc1ccccc1C(=O)NC1CC1)CC(=O)Nc1ccc(OC)cc1. The van der Waals surface area contributed by atoms with Crippen LogP contribution >= 0.6 is 0 Å². The molecule has 170 valence electrons. The average molecular weight is 439 g/mol. The van der Waals surface area contributed by atoms with Crippen LogP contribution < -0.4 is 20.7 Å². The summed E-state index contributed by atoms with van der Waals surface area (Å²) in [7, 11) is 1.59. The molecule has 0 unspecified atom stereocenters. The number of para-hydroxylation sites is 1. The molecule has 0 bridgehead atoms. The number of benzene rings is 2. The van der Waals surface area contributed by atoms with Gasteiger partial charge in [-0.1, -0.05) is 19.1 Å². The number of rotatable bonds is 11. The number of likely N-dealkylation sites (N-methyl/N-ethyl adjacent to an activating group) is 1. The number of methoxy groups -OCH3 is 1. The van der Waals surface area contributed by atoms with Crippen LogP contribution in [0.15, 0.2) is 48.5 Å². The first-order chi connectivity index (χ1) is 15.5. The highest BCUT2D eigenvalue weighted by Gasteiger charge is 2.25. The Morgan fingerprint density at radius 1 is 1.00 bits per heavy atom. The number of carbonyl (C=O) groups excluding carboxylic acids is 3. The van der Waals surface area contributed by atoms with E-state index in [0.29, 0.717) is 30.0 Å². The van der Waals surface area contributed by atoms with Gasteiger partial charge in [-0.05, 0) is 55.8 Å². The fourth-order valence-electron chi connectivity index (χ4n) is 3.18. The van der Waals surface area contributed by atoms with Crippen LogP contribution in [-0.4, -0.2) is 55.4 Å². The zero-order chi connectivity index (χ0) is 22.9. The van der Waals surface area contributed by atoms with Crippen molar-refractivity contribution in [2.75, 3.05) is 37.4 Å². The number of ether oxygens (including phenoxy) is 1. The van der Waals surface area contributed by atoms with E-state index in [0.717, 1.165) is 18.6 Å². The lowest BCUT2D eigenvalue weighted by atomic mass is 10.1. The Bertz CT molecular complexity index is 941. The number of anilines is 2. The molecule has 2 aromatic rings. The molecule has 0 atom stereocenters. The van der Waals surface area contributed by atoms with Crippen LogP contribution in [0, 0.1) is 0 Å². The highest BCUT2D eigenvalue weighted by atomic mass is 16.5. The lowest BCUT2D eigenvalue weighted by molar-refractivity contribution is -0.119. The fraction of sp³-hybridized carbons (Fsp3) is 0.375. The summed E-state index contributed by atoms with van der Waals surface area (Å²) in [5, 5.41) is 8.62. The van der Waals surface area contributed by atoms with Gasteiger partial charge in [-0.3, -0.25) is 19.3 Å². The first kappa shape index (κ1) is 23.3. The number of amides is 3. The van der Waals surface area contributed by atoms with E-state index in [4.69, 9.17) is 4.74 Å². The predicted molar refractivity (Wildman–Crippen MR) is 124 cm³/mol. The van der Waals surface area contributed by atoms with Gasteiger partial charge >= 0.3 is 0 Å². The Morgan fingerprint density at radius 2 is 1.72 bits per heavy atom. The van der Waals surface area contributed by atoms with Crippen molar-refractivity contribution in [3.63, 3.8) is 0 Å². The summed E-state index contributed by atoms with van der Waals surface area (Å²) >= 11 is 0. The van der Waals surface area contributed by atoms with Crippen molar-refractivity contribution in [3.05, 3.63) is 54.1 Å². The summed E-state index contributed by atoms with van der Waals surface area (Å²) in [4.78, 5) is 39.1. The van der Waals surface area contributed by atoms with Crippen molar-refractivity contribution in [1.29, 1.82) is 0 Å². The Hall–Kier alpha value is -3.39. The number of nitrogens with one attached hydrogen (secondary N) is 3. The highest BCUT2D eigenvalue weighted by Crippen LogP contribution is 2.21. The third kappa shape index (κ3) is 7.09. The van der Waals surface area contributed by atoms with Gasteiger partial charge < -0.3 is 20.7 Å². The van der Waals surface area contributed by atoms with E-state index in [2.05, 4.69) is 16.0 Å². The number of carbonyl (C=O) groups is 3. The first-order valence-electron chi connectivity index (χ1n) is 10.8. The van der Waals surface area contributed by atoms with Crippen LogP contribution in [0.3, 0.4) is 0 Å². The maximum absolute atomic E-state index is 12.5. The predicted octanol–water partition coefficient (Wildman–Crippen LogP) is 2.88. The largest absolute Gasteiger partial charge is 0.497 e. The summed E-state index contributed by atoms with van der Waals surface area (Å²) in [6.07, 6.45) is 2.21. The second kappa shape index (κ2) is 11.3. The van der Waals surface area contributed by atoms with Crippen molar-refractivity contribution < 1.29 is 19.1 Å². The highest BCUT2D eigenvalue weighted by molar-refractivity contribution is 6.04. The minimum absolute atomic E-state index is 0.153. The average Bonchev–Trinajstić information content (AvgIpc) is 3.61. The standard InChI is InChI=1S/C24H30N4O4/c1-3-28(16-23(30)25-17-10-12-19(32-2)13-11-17)15-14-22(29)27-21-7-5-4-6-20(21)24(31)26-18-8-9-18/h4-7,10-13,18H,3,8-9,14-16H2,1-2H3,(H,25,30)(H,26,31)(H,27,29). The van der Waals surface area contributed by atoms with E-state index in [9.17, 15) is 14.4 Å². The second-order valence-corrected chi connectivity index (χ2v) is 7.74. The minimum Gasteiger partial charge on any atom is -0.497 e. The van der Waals surface area contributed by atoms with Gasteiger partial charge in [0, 0.05) is 24.7 Å². The maximum Gasteiger partial charge on any atom is 0.253 e. The molecule has 1 fully saturated rings. The van der Waals surface area contributed by atoms with E-state index in [-0.39, 0.29) is 36.7 Å². The third-order valence-electron chi connectivity index (χ3n) is 5.20. The maximum atomic E-state index is 12.5. The molecule has 8 heteroatoms. The molecule has 3 N–H and O–H groups in total. The van der Waals surface area contributed by atoms with Crippen LogP contribution in [0.1, 0.15) is 36.5 Å². The molecular weight excluding hydrogens is 408 g/mol. The van der Waals surface area contributed by atoms with Gasteiger partial charge in [0.05, 0.1) is 24.9 Å². The van der Waals surface area contributed by atoms with Gasteiger partial charge in [0.15, 0.2) is 0 Å². The Labute approximate surface area is 188 Å². The van der Waals surface area contributed by atoms with E-state index in [1.807, 2.05) is 11.8 Å². The van der Waals surface area contributed by atoms with Gasteiger partial charge in [0.1, 0.15) is 5.75 Å². The van der Waals surface area contributed by atoms with E-state index in [1.54, 1.807) is 55.6 Å². The zero-order valence-corrected chi connectivity index (χ0v) is 18.5. The summed E-state index contributed by atoms with van der Waals surface area (Å²) < 4.78 is 5.11. The summed E-state index contributed by atoms with van der Waals surface area (Å²) in [6.45, 7) is 3.17. The van der Waals surface area contributed by atoms with Crippen LogP contribution in [-0.2, 0) is 9.59 Å². The number of nitrogens with zero attached hydrogens (tertiary/aromatic N) is 1. The Kier molecular flexibility index (Phi) is 8.21. The minimum atomic E-state index is -0.203. The van der Waals surface area contributed by atoms with Gasteiger partial charge in [0.25, 0.3) is 5.91 Å². The molecule has 3 rings (SSSR count). The normalized spacial score (nSPS) is 12.8. The molecule has 2 aromatic carbocycles. The molecule has 0 heterocycles. The van der Waals surface area contributed by atoms with Crippen LogP contribution in [0.25, 0.3) is 0 Å². The van der Waals surface area contributed by atoms with Crippen LogP contribution in [0.4, 0.5) is 11.4 Å².